The van der Waals surface area contributed by atoms with Crippen LogP contribution in [0.2, 0.25) is 0 Å². The van der Waals surface area contributed by atoms with E-state index in [1.807, 2.05) is 32.4 Å². The number of amides is 1. The van der Waals surface area contributed by atoms with E-state index in [4.69, 9.17) is 5.84 Å². The summed E-state index contributed by atoms with van der Waals surface area (Å²) in [5.41, 5.74) is 0.706. The van der Waals surface area contributed by atoms with Gasteiger partial charge in [-0.3, -0.25) is 4.79 Å². The molecule has 19 heavy (non-hydrogen) atoms. The molecule has 0 aromatic carbocycles. The Labute approximate surface area is 117 Å². The van der Waals surface area contributed by atoms with Gasteiger partial charge in [-0.15, -0.1) is 16.9 Å². The predicted molar refractivity (Wildman–Crippen MR) is 77.8 cm³/mol. The van der Waals surface area contributed by atoms with Gasteiger partial charge in [0, 0.05) is 5.57 Å². The van der Waals surface area contributed by atoms with Crippen LogP contribution in [0.1, 0.15) is 33.4 Å². The summed E-state index contributed by atoms with van der Waals surface area (Å²) in [7, 11) is 0. The first-order valence-corrected chi connectivity index (χ1v) is 7.30. The number of nitrogen functional groups attached to an aromatic ring is 1. The van der Waals surface area contributed by atoms with Gasteiger partial charge in [-0.1, -0.05) is 13.8 Å². The van der Waals surface area contributed by atoms with Crippen molar-refractivity contribution in [2.24, 2.45) is 5.92 Å². The summed E-state index contributed by atoms with van der Waals surface area (Å²) in [6.45, 7) is 7.74. The van der Waals surface area contributed by atoms with Crippen molar-refractivity contribution in [2.45, 2.75) is 33.2 Å². The van der Waals surface area contributed by atoms with E-state index >= 15 is 0 Å². The fraction of sp³-hybridized carbons (Fsp3) is 0.583. The van der Waals surface area contributed by atoms with E-state index in [-0.39, 0.29) is 11.8 Å². The van der Waals surface area contributed by atoms with Gasteiger partial charge in [-0.05, 0) is 36.6 Å². The predicted octanol–water partition coefficient (Wildman–Crippen LogP) is 1.25. The quantitative estimate of drug-likeness (QED) is 0.627. The summed E-state index contributed by atoms with van der Waals surface area (Å²) in [6, 6.07) is 0. The summed E-state index contributed by atoms with van der Waals surface area (Å²) in [6.07, 6.45) is 3.53. The molecule has 6 nitrogen and oxygen atoms in total. The van der Waals surface area contributed by atoms with Crippen molar-refractivity contribution in [2.75, 3.05) is 12.1 Å². The van der Waals surface area contributed by atoms with Gasteiger partial charge in [0.25, 0.3) is 0 Å². The Hall–Kier alpha value is -1.50. The normalized spacial score (nSPS) is 15.4. The molecule has 0 saturated carbocycles. The minimum atomic E-state index is -0.609. The fourth-order valence-corrected chi connectivity index (χ4v) is 2.04. The second-order valence-corrected chi connectivity index (χ2v) is 5.64. The molecule has 1 rings (SSSR count). The maximum atomic E-state index is 12.2. The van der Waals surface area contributed by atoms with Crippen LogP contribution in [0.15, 0.2) is 17.2 Å². The highest BCUT2D eigenvalue weighted by molar-refractivity contribution is 8.01. The van der Waals surface area contributed by atoms with E-state index in [1.54, 1.807) is 13.1 Å². The molecule has 0 spiro atoms. The number of aromatic nitrogens is 3. The topological polar surface area (TPSA) is 85.8 Å². The zero-order valence-electron chi connectivity index (χ0n) is 12.0. The zero-order valence-corrected chi connectivity index (χ0v) is 12.8. The average molecular weight is 283 g/mol. The molecule has 0 aliphatic rings. The van der Waals surface area contributed by atoms with Gasteiger partial charge in [0.2, 0.25) is 5.91 Å². The number of carbonyl (C=O) groups is 1. The number of nitrogens with one attached hydrogen (secondary N) is 1. The Balaban J connectivity index is 3.02. The van der Waals surface area contributed by atoms with Gasteiger partial charge in [0.05, 0.1) is 11.7 Å². The van der Waals surface area contributed by atoms with Crippen LogP contribution < -0.4 is 11.2 Å². The zero-order chi connectivity index (χ0) is 14.6. The van der Waals surface area contributed by atoms with E-state index in [9.17, 15) is 4.79 Å². The number of nitrogens with two attached hydrogens (primary N) is 1. The Kier molecular flexibility index (Phi) is 4.99. The maximum absolute atomic E-state index is 12.2. The minimum absolute atomic E-state index is 0.114. The molecule has 1 amide bonds. The fourth-order valence-electron chi connectivity index (χ4n) is 1.58. The lowest BCUT2D eigenvalue weighted by Crippen LogP contribution is -2.48. The molecule has 0 bridgehead atoms. The highest BCUT2D eigenvalue weighted by Crippen LogP contribution is 2.27. The third-order valence-electron chi connectivity index (χ3n) is 3.22. The lowest BCUT2D eigenvalue weighted by Gasteiger charge is -2.32. The largest absolute Gasteiger partial charge is 0.341 e. The van der Waals surface area contributed by atoms with Crippen LogP contribution in [0.4, 0.5) is 0 Å². The third kappa shape index (κ3) is 3.50. The molecule has 0 saturated heterocycles. The molecule has 0 aliphatic carbocycles. The summed E-state index contributed by atoms with van der Waals surface area (Å²) in [5.74, 6) is 5.56. The molecule has 7 heteroatoms. The van der Waals surface area contributed by atoms with Gasteiger partial charge in [-0.2, -0.15) is 4.79 Å². The van der Waals surface area contributed by atoms with Crippen molar-refractivity contribution in [1.82, 2.24) is 20.4 Å². The molecular weight excluding hydrogens is 262 g/mol. The van der Waals surface area contributed by atoms with Crippen LogP contribution in [0.5, 0.6) is 0 Å². The highest BCUT2D eigenvalue weighted by atomic mass is 32.2. The number of rotatable bonds is 5. The van der Waals surface area contributed by atoms with Crippen molar-refractivity contribution in [1.29, 1.82) is 0 Å². The first-order valence-electron chi connectivity index (χ1n) is 6.01. The summed E-state index contributed by atoms with van der Waals surface area (Å²) in [5, 5.41) is 12.6. The first kappa shape index (κ1) is 15.6. The van der Waals surface area contributed by atoms with Crippen LogP contribution >= 0.6 is 11.8 Å². The van der Waals surface area contributed by atoms with Crippen molar-refractivity contribution in [3.05, 3.63) is 22.9 Å². The molecule has 1 aromatic heterocycles. The highest BCUT2D eigenvalue weighted by Gasteiger charge is 2.35. The number of hydrogen-bond donors (Lipinski definition) is 2. The Morgan fingerprint density at radius 3 is 2.68 bits per heavy atom. The van der Waals surface area contributed by atoms with E-state index in [0.29, 0.717) is 11.3 Å². The van der Waals surface area contributed by atoms with Gasteiger partial charge >= 0.3 is 0 Å². The summed E-state index contributed by atoms with van der Waals surface area (Å²) >= 11 is 1.50. The van der Waals surface area contributed by atoms with Crippen LogP contribution in [0.3, 0.4) is 0 Å². The SMILES string of the molecule is CS/C=C(\C)C(=O)N[C@](C)(c1cn(N)nn1)C(C)C. The van der Waals surface area contributed by atoms with Crippen LogP contribution in [-0.4, -0.2) is 27.3 Å². The standard InChI is InChI=1S/C12H21N5OS/c1-8(2)12(4,10-6-17(13)16-15-10)14-11(18)9(3)7-19-5/h6-8H,13H2,1-5H3,(H,14,18)/b9-7+/t12-/m0/s1. The van der Waals surface area contributed by atoms with Gasteiger partial charge < -0.3 is 11.2 Å². The number of nitrogens with zero attached hydrogens (tertiary/aromatic N) is 3. The van der Waals surface area contributed by atoms with Crippen LogP contribution in [0.25, 0.3) is 0 Å². The molecule has 0 unspecified atom stereocenters. The molecule has 0 aliphatic heterocycles. The smallest absolute Gasteiger partial charge is 0.248 e. The molecule has 106 valence electrons. The van der Waals surface area contributed by atoms with E-state index in [0.717, 1.165) is 4.79 Å². The van der Waals surface area contributed by atoms with Crippen LogP contribution in [0, 0.1) is 5.92 Å². The average Bonchev–Trinajstić information content (AvgIpc) is 2.76. The second-order valence-electron chi connectivity index (χ2n) is 4.93. The van der Waals surface area contributed by atoms with Gasteiger partial charge in [0.1, 0.15) is 5.69 Å². The molecule has 1 aromatic rings. The van der Waals surface area contributed by atoms with Gasteiger partial charge in [-0.25, -0.2) is 0 Å². The van der Waals surface area contributed by atoms with Crippen molar-refractivity contribution >= 4 is 17.7 Å². The Bertz CT molecular complexity index is 482. The van der Waals surface area contributed by atoms with Crippen molar-refractivity contribution in [3.8, 4) is 0 Å². The molecule has 0 radical (unpaired) electrons. The lowest BCUT2D eigenvalue weighted by molar-refractivity contribution is -0.119. The molecule has 1 heterocycles. The third-order valence-corrected chi connectivity index (χ3v) is 3.81. The minimum Gasteiger partial charge on any atom is -0.341 e. The monoisotopic (exact) mass is 283 g/mol. The Morgan fingerprint density at radius 1 is 1.63 bits per heavy atom. The Morgan fingerprint density at radius 2 is 2.26 bits per heavy atom. The number of carbonyl (C=O) groups excluding carboxylic acids is 1. The number of thioether (sulfide) groups is 1. The van der Waals surface area contributed by atoms with Crippen LogP contribution in [-0.2, 0) is 10.3 Å². The molecular formula is C12H21N5OS. The van der Waals surface area contributed by atoms with E-state index < -0.39 is 5.54 Å². The van der Waals surface area contributed by atoms with E-state index in [1.165, 1.54) is 11.8 Å². The summed E-state index contributed by atoms with van der Waals surface area (Å²) in [4.78, 5) is 13.3. The number of hydrogen-bond acceptors (Lipinski definition) is 5. The van der Waals surface area contributed by atoms with Crippen molar-refractivity contribution in [3.63, 3.8) is 0 Å². The molecule has 0 fully saturated rings. The summed E-state index contributed by atoms with van der Waals surface area (Å²) < 4.78 is 0. The molecule has 3 N–H and O–H groups in total. The first-order chi connectivity index (χ1) is 8.81. The molecule has 1 atom stereocenters. The van der Waals surface area contributed by atoms with Gasteiger partial charge in [0.15, 0.2) is 0 Å². The maximum Gasteiger partial charge on any atom is 0.248 e. The van der Waals surface area contributed by atoms with E-state index in [2.05, 4.69) is 15.6 Å². The van der Waals surface area contributed by atoms with Crippen molar-refractivity contribution < 1.29 is 4.79 Å². The lowest BCUT2D eigenvalue weighted by atomic mass is 9.85. The second kappa shape index (κ2) is 6.10.